The maximum Gasteiger partial charge on any atom is 0.416 e. The summed E-state index contributed by atoms with van der Waals surface area (Å²) in [5.74, 6) is -0.304. The molecule has 0 aliphatic carbocycles. The second-order valence-corrected chi connectivity index (χ2v) is 11.3. The molecule has 9 heteroatoms. The third-order valence-corrected chi connectivity index (χ3v) is 7.96. The largest absolute Gasteiger partial charge is 0.416 e. The average molecular weight is 628 g/mol. The number of benzene rings is 2. The summed E-state index contributed by atoms with van der Waals surface area (Å²) in [6.45, 7) is 11.3. The first kappa shape index (κ1) is 34.1. The van der Waals surface area contributed by atoms with Gasteiger partial charge in [0.05, 0.1) is 5.56 Å². The van der Waals surface area contributed by atoms with Gasteiger partial charge in [-0.1, -0.05) is 49.1 Å². The number of rotatable bonds is 11. The van der Waals surface area contributed by atoms with Crippen LogP contribution in [0.15, 0.2) is 114 Å². The van der Waals surface area contributed by atoms with Crippen molar-refractivity contribution >= 4 is 23.3 Å². The number of carbonyl (C=O) groups is 1. The smallest absolute Gasteiger partial charge is 0.369 e. The Kier molecular flexibility index (Phi) is 11.5. The van der Waals surface area contributed by atoms with Crippen molar-refractivity contribution in [3.63, 3.8) is 0 Å². The zero-order valence-electron chi connectivity index (χ0n) is 26.7. The predicted octanol–water partition coefficient (Wildman–Crippen LogP) is 7.37. The summed E-state index contributed by atoms with van der Waals surface area (Å²) in [5.41, 5.74) is 5.88. The molecular weight excluding hydrogens is 587 g/mol. The van der Waals surface area contributed by atoms with Gasteiger partial charge in [-0.15, -0.1) is 0 Å². The summed E-state index contributed by atoms with van der Waals surface area (Å²) >= 11 is 0. The fourth-order valence-corrected chi connectivity index (χ4v) is 5.26. The number of halogens is 3. The highest BCUT2D eigenvalue weighted by atomic mass is 19.4. The van der Waals surface area contributed by atoms with Gasteiger partial charge in [0, 0.05) is 98.1 Å². The summed E-state index contributed by atoms with van der Waals surface area (Å²) in [5, 5.41) is 3.27. The normalized spacial score (nSPS) is 15.6. The van der Waals surface area contributed by atoms with Gasteiger partial charge in [0.25, 0.3) is 0 Å². The van der Waals surface area contributed by atoms with E-state index >= 15 is 0 Å². The van der Waals surface area contributed by atoms with Crippen molar-refractivity contribution in [3.8, 4) is 11.1 Å². The first-order chi connectivity index (χ1) is 22.0. The molecule has 1 N–H and O–H groups in total. The van der Waals surface area contributed by atoms with Crippen LogP contribution in [0.3, 0.4) is 0 Å². The number of anilines is 1. The summed E-state index contributed by atoms with van der Waals surface area (Å²) in [6, 6.07) is 15.4. The van der Waals surface area contributed by atoms with Crippen LogP contribution in [-0.4, -0.2) is 62.2 Å². The molecule has 1 fully saturated rings. The fourth-order valence-electron chi connectivity index (χ4n) is 5.26. The fraction of sp³-hybridized carbons (Fsp3) is 0.270. The highest BCUT2D eigenvalue weighted by Crippen LogP contribution is 2.30. The zero-order valence-corrected chi connectivity index (χ0v) is 26.7. The standard InChI is InChI=1S/C37H40F3N5O/c1-6-8-26(2)36(27(3)35(46)20-28-9-7-10-33(19-28)37(38,39)40)43-25-32(22-41-4)31-21-30(23-42-24-31)29-11-13-34(14-12-29)45-17-15-44(5)16-18-45/h6-14,19,21-25,43H,1,15-18,20H2,2-5H3/b26-8-,32-25+,36-27-,41-22?. The molecule has 0 atom stereocenters. The molecule has 2 heterocycles. The minimum atomic E-state index is -4.48. The Balaban J connectivity index is 1.60. The van der Waals surface area contributed by atoms with Crippen LogP contribution in [0.25, 0.3) is 16.7 Å². The number of nitrogens with one attached hydrogen (secondary N) is 1. The molecule has 46 heavy (non-hydrogen) atoms. The summed E-state index contributed by atoms with van der Waals surface area (Å²) in [6.07, 6.45) is 5.74. The molecule has 0 bridgehead atoms. The number of alkyl halides is 3. The Morgan fingerprint density at radius 1 is 1.02 bits per heavy atom. The van der Waals surface area contributed by atoms with Crippen molar-refractivity contribution in [2.45, 2.75) is 26.4 Å². The summed E-state index contributed by atoms with van der Waals surface area (Å²) < 4.78 is 39.7. The lowest BCUT2D eigenvalue weighted by molar-refractivity contribution is -0.137. The molecular formula is C37H40F3N5O. The van der Waals surface area contributed by atoms with Gasteiger partial charge >= 0.3 is 6.18 Å². The maximum absolute atomic E-state index is 13.3. The van der Waals surface area contributed by atoms with Gasteiger partial charge in [0.2, 0.25) is 0 Å². The van der Waals surface area contributed by atoms with Gasteiger partial charge in [0.1, 0.15) is 0 Å². The number of ketones is 1. The Morgan fingerprint density at radius 3 is 2.39 bits per heavy atom. The molecule has 1 aromatic heterocycles. The SMILES string of the molecule is C=C/C=C(C)\C(N/C=C(\C=NC)c1cncc(-c2ccc(N3CCN(C)CC3)cc2)c1)=C(/C)C(=O)Cc1cccc(C(F)(F)F)c1. The number of piperazine rings is 1. The highest BCUT2D eigenvalue weighted by molar-refractivity contribution is 6.10. The van der Waals surface area contributed by atoms with Gasteiger partial charge in [-0.05, 0) is 61.9 Å². The molecule has 0 saturated carbocycles. The Morgan fingerprint density at radius 2 is 1.74 bits per heavy atom. The predicted molar refractivity (Wildman–Crippen MR) is 182 cm³/mol. The number of pyridine rings is 1. The van der Waals surface area contributed by atoms with Crippen LogP contribution in [-0.2, 0) is 17.4 Å². The van der Waals surface area contributed by atoms with Gasteiger partial charge < -0.3 is 15.1 Å². The monoisotopic (exact) mass is 627 g/mol. The van der Waals surface area contributed by atoms with Crippen LogP contribution in [0.1, 0.15) is 30.5 Å². The van der Waals surface area contributed by atoms with E-state index in [4.69, 9.17) is 0 Å². The number of aromatic nitrogens is 1. The summed E-state index contributed by atoms with van der Waals surface area (Å²) in [7, 11) is 3.81. The first-order valence-corrected chi connectivity index (χ1v) is 15.1. The van der Waals surface area contributed by atoms with Crippen molar-refractivity contribution in [1.82, 2.24) is 15.2 Å². The molecule has 6 nitrogen and oxygen atoms in total. The van der Waals surface area contributed by atoms with E-state index in [2.05, 4.69) is 63.0 Å². The molecule has 0 amide bonds. The Labute approximate surface area is 269 Å². The number of allylic oxidation sites excluding steroid dienone is 5. The van der Waals surface area contributed by atoms with Gasteiger partial charge in [-0.25, -0.2) is 0 Å². The number of Topliss-reactive ketones (excluding diaryl/α,β-unsaturated/α-hetero) is 1. The number of aliphatic imine (C=N–C) groups is 1. The van der Waals surface area contributed by atoms with E-state index in [0.717, 1.165) is 66.1 Å². The minimum Gasteiger partial charge on any atom is -0.369 e. The van der Waals surface area contributed by atoms with E-state index in [1.165, 1.54) is 17.8 Å². The first-order valence-electron chi connectivity index (χ1n) is 15.1. The van der Waals surface area contributed by atoms with Crippen LogP contribution in [0, 0.1) is 0 Å². The molecule has 3 aromatic rings. The molecule has 0 spiro atoms. The average Bonchev–Trinajstić information content (AvgIpc) is 3.04. The van der Waals surface area contributed by atoms with Crippen LogP contribution in [0.5, 0.6) is 0 Å². The lowest BCUT2D eigenvalue weighted by atomic mass is 9.98. The maximum atomic E-state index is 13.3. The molecule has 2 aromatic carbocycles. The van der Waals surface area contributed by atoms with Crippen molar-refractivity contribution in [2.24, 2.45) is 4.99 Å². The van der Waals surface area contributed by atoms with Crippen LogP contribution in [0.4, 0.5) is 18.9 Å². The van der Waals surface area contributed by atoms with Crippen molar-refractivity contribution in [2.75, 3.05) is 45.2 Å². The molecule has 1 aliphatic heterocycles. The Hall–Kier alpha value is -4.76. The molecule has 1 aliphatic rings. The molecule has 0 unspecified atom stereocenters. The summed E-state index contributed by atoms with van der Waals surface area (Å²) in [4.78, 5) is 26.8. The number of hydrogen-bond donors (Lipinski definition) is 1. The van der Waals surface area contributed by atoms with E-state index in [9.17, 15) is 18.0 Å². The topological polar surface area (TPSA) is 60.8 Å². The van der Waals surface area contributed by atoms with Crippen LogP contribution in [0.2, 0.25) is 0 Å². The van der Waals surface area contributed by atoms with Gasteiger partial charge in [-0.3, -0.25) is 14.8 Å². The molecule has 4 rings (SSSR count). The van der Waals surface area contributed by atoms with E-state index in [0.29, 0.717) is 11.3 Å². The van der Waals surface area contributed by atoms with Crippen LogP contribution < -0.4 is 10.2 Å². The minimum absolute atomic E-state index is 0.172. The third kappa shape index (κ3) is 8.91. The molecule has 240 valence electrons. The number of nitrogens with zero attached hydrogens (tertiary/aromatic N) is 4. The third-order valence-electron chi connectivity index (χ3n) is 7.96. The highest BCUT2D eigenvalue weighted by Gasteiger charge is 2.30. The van der Waals surface area contributed by atoms with Crippen molar-refractivity contribution in [1.29, 1.82) is 0 Å². The van der Waals surface area contributed by atoms with Gasteiger partial charge in [-0.2, -0.15) is 13.2 Å². The lowest BCUT2D eigenvalue weighted by Gasteiger charge is -2.34. The zero-order chi connectivity index (χ0) is 33.3. The number of carbonyl (C=O) groups excluding carboxylic acids is 1. The Bertz CT molecular complexity index is 1660. The molecule has 0 radical (unpaired) electrons. The number of hydrogen-bond acceptors (Lipinski definition) is 6. The quantitative estimate of drug-likeness (QED) is 0.137. The van der Waals surface area contributed by atoms with E-state index < -0.39 is 11.7 Å². The van der Waals surface area contributed by atoms with Crippen molar-refractivity contribution < 1.29 is 18.0 Å². The van der Waals surface area contributed by atoms with E-state index in [-0.39, 0.29) is 17.8 Å². The van der Waals surface area contributed by atoms with E-state index in [1.54, 1.807) is 44.7 Å². The van der Waals surface area contributed by atoms with E-state index in [1.807, 2.05) is 19.2 Å². The molecule has 1 saturated heterocycles. The van der Waals surface area contributed by atoms with Crippen LogP contribution >= 0.6 is 0 Å². The lowest BCUT2D eigenvalue weighted by Crippen LogP contribution is -2.44. The second-order valence-electron chi connectivity index (χ2n) is 11.3. The second kappa shape index (κ2) is 15.5. The van der Waals surface area contributed by atoms with Gasteiger partial charge in [0.15, 0.2) is 5.78 Å². The van der Waals surface area contributed by atoms with Crippen molar-refractivity contribution in [3.05, 3.63) is 125 Å². The number of likely N-dealkylation sites (N-methyl/N-ethyl adjacent to an activating group) is 1.